The number of benzene rings is 2. The Morgan fingerprint density at radius 1 is 1.25 bits per heavy atom. The van der Waals surface area contributed by atoms with Gasteiger partial charge in [0.2, 0.25) is 0 Å². The number of halogens is 2. The molecule has 4 heteroatoms. The van der Waals surface area contributed by atoms with Gasteiger partial charge >= 0.3 is 0 Å². The molecule has 0 aromatic heterocycles. The van der Waals surface area contributed by atoms with Gasteiger partial charge in [-0.2, -0.15) is 0 Å². The molecule has 1 atom stereocenters. The van der Waals surface area contributed by atoms with E-state index in [4.69, 9.17) is 0 Å². The number of hydrogen-bond acceptors (Lipinski definition) is 1. The van der Waals surface area contributed by atoms with Crippen LogP contribution in [-0.2, 0) is 0 Å². The molecule has 2 nitrogen and oxygen atoms in total. The van der Waals surface area contributed by atoms with Crippen LogP contribution in [0.5, 0.6) is 0 Å². The lowest BCUT2D eigenvalue weighted by atomic mass is 10.0. The van der Waals surface area contributed by atoms with Gasteiger partial charge < -0.3 is 5.32 Å². The topological polar surface area (TPSA) is 29.1 Å². The highest BCUT2D eigenvalue weighted by Crippen LogP contribution is 2.22. The fraction of sp³-hybridized carbons (Fsp3) is 0.188. The van der Waals surface area contributed by atoms with Crippen LogP contribution in [0.25, 0.3) is 0 Å². The van der Waals surface area contributed by atoms with Crippen molar-refractivity contribution in [1.29, 1.82) is 0 Å². The molecule has 2 aromatic rings. The van der Waals surface area contributed by atoms with Gasteiger partial charge in [-0.15, -0.1) is 0 Å². The van der Waals surface area contributed by atoms with Crippen LogP contribution in [0.15, 0.2) is 53.0 Å². The Bertz CT molecular complexity index is 601. The quantitative estimate of drug-likeness (QED) is 0.666. The summed E-state index contributed by atoms with van der Waals surface area (Å²) < 4.78 is 1.86. The fourth-order valence-electron chi connectivity index (χ4n) is 2.01. The summed E-state index contributed by atoms with van der Waals surface area (Å²) in [5, 5.41) is 3.10. The van der Waals surface area contributed by atoms with E-state index in [9.17, 15) is 4.79 Å². The Labute approximate surface area is 141 Å². The van der Waals surface area contributed by atoms with Crippen molar-refractivity contribution in [1.82, 2.24) is 5.32 Å². The van der Waals surface area contributed by atoms with Crippen LogP contribution < -0.4 is 5.32 Å². The number of rotatable bonds is 4. The van der Waals surface area contributed by atoms with Gasteiger partial charge in [0.15, 0.2) is 0 Å². The molecule has 1 unspecified atom stereocenters. The predicted octanol–water partition coefficient (Wildman–Crippen LogP) is 4.93. The summed E-state index contributed by atoms with van der Waals surface area (Å²) >= 11 is 5.64. The van der Waals surface area contributed by atoms with E-state index in [1.807, 2.05) is 48.5 Å². The van der Waals surface area contributed by atoms with E-state index in [0.29, 0.717) is 5.56 Å². The van der Waals surface area contributed by atoms with Crippen molar-refractivity contribution in [2.24, 2.45) is 0 Å². The van der Waals surface area contributed by atoms with Crippen molar-refractivity contribution < 1.29 is 4.79 Å². The third-order valence-electron chi connectivity index (χ3n) is 3.09. The zero-order chi connectivity index (χ0) is 14.5. The minimum atomic E-state index is -0.0499. The molecule has 104 valence electrons. The van der Waals surface area contributed by atoms with Gasteiger partial charge in [-0.3, -0.25) is 4.79 Å². The Kier molecular flexibility index (Phi) is 5.60. The number of amides is 1. The smallest absolute Gasteiger partial charge is 0.252 e. The maximum absolute atomic E-state index is 12.4. The molecule has 0 saturated carbocycles. The molecule has 0 radical (unpaired) electrons. The summed E-state index contributed by atoms with van der Waals surface area (Å²) in [6.45, 7) is 2.07. The molecule has 0 heterocycles. The molecule has 0 aliphatic rings. The Morgan fingerprint density at radius 2 is 1.95 bits per heavy atom. The van der Waals surface area contributed by atoms with Crippen molar-refractivity contribution in [3.05, 3.63) is 67.7 Å². The van der Waals surface area contributed by atoms with Crippen LogP contribution in [0.1, 0.15) is 35.3 Å². The second-order valence-electron chi connectivity index (χ2n) is 4.47. The van der Waals surface area contributed by atoms with Crippen molar-refractivity contribution in [3.8, 4) is 0 Å². The first-order valence-electron chi connectivity index (χ1n) is 6.42. The van der Waals surface area contributed by atoms with Crippen LogP contribution in [0, 0.1) is 3.57 Å². The minimum absolute atomic E-state index is 0.0356. The van der Waals surface area contributed by atoms with Crippen molar-refractivity contribution >= 4 is 44.4 Å². The van der Waals surface area contributed by atoms with Crippen molar-refractivity contribution in [2.45, 2.75) is 19.4 Å². The standard InChI is InChI=1S/C16H15BrINO/c1-2-15(11-6-4-3-5-7-11)19-16(20)13-10-12(18)8-9-14(13)17/h3-10,15H,2H2,1H3,(H,19,20). The Hall–Kier alpha value is -0.880. The minimum Gasteiger partial charge on any atom is -0.345 e. The van der Waals surface area contributed by atoms with Crippen LogP contribution in [0.2, 0.25) is 0 Å². The van der Waals surface area contributed by atoms with E-state index in [-0.39, 0.29) is 11.9 Å². The molecular weight excluding hydrogens is 429 g/mol. The normalized spacial score (nSPS) is 11.9. The summed E-state index contributed by atoms with van der Waals surface area (Å²) in [7, 11) is 0. The monoisotopic (exact) mass is 443 g/mol. The molecule has 1 amide bonds. The highest BCUT2D eigenvalue weighted by Gasteiger charge is 2.16. The SMILES string of the molecule is CCC(NC(=O)c1cc(I)ccc1Br)c1ccccc1. The average Bonchev–Trinajstić information content (AvgIpc) is 2.48. The largest absolute Gasteiger partial charge is 0.345 e. The summed E-state index contributed by atoms with van der Waals surface area (Å²) in [6.07, 6.45) is 0.858. The molecule has 0 aliphatic carbocycles. The lowest BCUT2D eigenvalue weighted by molar-refractivity contribution is 0.0934. The summed E-state index contributed by atoms with van der Waals surface area (Å²) in [6, 6.07) is 15.8. The number of nitrogens with one attached hydrogen (secondary N) is 1. The van der Waals surface area contributed by atoms with Crippen LogP contribution >= 0.6 is 38.5 Å². The van der Waals surface area contributed by atoms with Gasteiger partial charge in [0.25, 0.3) is 5.91 Å². The number of carbonyl (C=O) groups excluding carboxylic acids is 1. The van der Waals surface area contributed by atoms with E-state index in [0.717, 1.165) is 20.0 Å². The molecule has 0 aliphatic heterocycles. The summed E-state index contributed by atoms with van der Waals surface area (Å²) in [4.78, 5) is 12.4. The van der Waals surface area contributed by atoms with Crippen LogP contribution in [0.4, 0.5) is 0 Å². The van der Waals surface area contributed by atoms with Gasteiger partial charge in [-0.1, -0.05) is 37.3 Å². The van der Waals surface area contributed by atoms with Crippen LogP contribution in [-0.4, -0.2) is 5.91 Å². The van der Waals surface area contributed by atoms with Crippen molar-refractivity contribution in [2.75, 3.05) is 0 Å². The lowest BCUT2D eigenvalue weighted by Crippen LogP contribution is -2.28. The highest BCUT2D eigenvalue weighted by atomic mass is 127. The molecule has 0 saturated heterocycles. The highest BCUT2D eigenvalue weighted by molar-refractivity contribution is 14.1. The first kappa shape index (κ1) is 15.5. The first-order valence-corrected chi connectivity index (χ1v) is 8.30. The first-order chi connectivity index (χ1) is 9.61. The number of hydrogen-bond donors (Lipinski definition) is 1. The second-order valence-corrected chi connectivity index (χ2v) is 6.57. The van der Waals surface area contributed by atoms with Crippen LogP contribution in [0.3, 0.4) is 0 Å². The summed E-state index contributed by atoms with van der Waals surface area (Å²) in [5.74, 6) is -0.0499. The zero-order valence-electron chi connectivity index (χ0n) is 11.1. The van der Waals surface area contributed by atoms with Gasteiger partial charge in [0.1, 0.15) is 0 Å². The van der Waals surface area contributed by atoms with Crippen molar-refractivity contribution in [3.63, 3.8) is 0 Å². The predicted molar refractivity (Wildman–Crippen MR) is 93.8 cm³/mol. The van der Waals surface area contributed by atoms with E-state index in [1.54, 1.807) is 0 Å². The third kappa shape index (κ3) is 3.82. The molecule has 0 spiro atoms. The molecule has 20 heavy (non-hydrogen) atoms. The molecular formula is C16H15BrINO. The van der Waals surface area contributed by atoms with Gasteiger partial charge in [0.05, 0.1) is 11.6 Å². The molecule has 1 N–H and O–H groups in total. The maximum atomic E-state index is 12.4. The summed E-state index contributed by atoms with van der Waals surface area (Å²) in [5.41, 5.74) is 1.80. The van der Waals surface area contributed by atoms with E-state index in [1.165, 1.54) is 0 Å². The van der Waals surface area contributed by atoms with Gasteiger partial charge in [0, 0.05) is 8.04 Å². The molecule has 0 fully saturated rings. The average molecular weight is 444 g/mol. The maximum Gasteiger partial charge on any atom is 0.252 e. The lowest BCUT2D eigenvalue weighted by Gasteiger charge is -2.18. The van der Waals surface area contributed by atoms with Gasteiger partial charge in [-0.05, 0) is 68.7 Å². The van der Waals surface area contributed by atoms with E-state index < -0.39 is 0 Å². The van der Waals surface area contributed by atoms with E-state index >= 15 is 0 Å². The zero-order valence-corrected chi connectivity index (χ0v) is 14.8. The van der Waals surface area contributed by atoms with E-state index in [2.05, 4.69) is 50.8 Å². The Morgan fingerprint density at radius 3 is 2.60 bits per heavy atom. The molecule has 2 rings (SSSR count). The molecule has 0 bridgehead atoms. The third-order valence-corrected chi connectivity index (χ3v) is 4.45. The Balaban J connectivity index is 2.20. The number of carbonyl (C=O) groups is 1. The molecule has 2 aromatic carbocycles. The van der Waals surface area contributed by atoms with Gasteiger partial charge in [-0.25, -0.2) is 0 Å². The second kappa shape index (κ2) is 7.22. The fourth-order valence-corrected chi connectivity index (χ4v) is 2.93.